The van der Waals surface area contributed by atoms with Gasteiger partial charge in [-0.1, -0.05) is 41.4 Å². The molecule has 1 atom stereocenters. The van der Waals surface area contributed by atoms with Crippen LogP contribution in [0.25, 0.3) is 0 Å². The average Bonchev–Trinajstić information content (AvgIpc) is 2.08. The second kappa shape index (κ2) is 4.16. The minimum atomic E-state index is -0.997. The minimum Gasteiger partial charge on any atom is -0.469 e. The van der Waals surface area contributed by atoms with Crippen molar-refractivity contribution in [2.75, 3.05) is 7.11 Å². The van der Waals surface area contributed by atoms with Crippen molar-refractivity contribution in [3.8, 4) is 0 Å². The molecule has 0 bridgehead atoms. The average molecular weight is 221 g/mol. The molecule has 0 aromatic rings. The third kappa shape index (κ3) is 2.75. The lowest BCUT2D eigenvalue weighted by atomic mass is 9.96. The van der Waals surface area contributed by atoms with E-state index in [9.17, 15) is 4.79 Å². The van der Waals surface area contributed by atoms with Crippen LogP contribution in [-0.4, -0.2) is 17.4 Å². The Morgan fingerprint density at radius 3 is 2.77 bits per heavy atom. The summed E-state index contributed by atoms with van der Waals surface area (Å²) >= 11 is 11.9. The molecule has 1 unspecified atom stereocenters. The summed E-state index contributed by atoms with van der Waals surface area (Å²) in [6.07, 6.45) is 7.23. The lowest BCUT2D eigenvalue weighted by Gasteiger charge is -2.25. The van der Waals surface area contributed by atoms with Gasteiger partial charge in [0, 0.05) is 5.92 Å². The van der Waals surface area contributed by atoms with Crippen molar-refractivity contribution >= 4 is 29.2 Å². The van der Waals surface area contributed by atoms with Crippen LogP contribution in [0.5, 0.6) is 0 Å². The number of esters is 1. The van der Waals surface area contributed by atoms with Crippen molar-refractivity contribution in [1.29, 1.82) is 0 Å². The standard InChI is InChI=1S/C9H10Cl2O2/c1-13-8(12)6-7-4-2-3-5-9(7,10)11/h2-5,7H,6H2,1H3. The van der Waals surface area contributed by atoms with Gasteiger partial charge >= 0.3 is 5.97 Å². The van der Waals surface area contributed by atoms with Crippen LogP contribution in [0.15, 0.2) is 24.3 Å². The van der Waals surface area contributed by atoms with Gasteiger partial charge in [0.25, 0.3) is 0 Å². The summed E-state index contributed by atoms with van der Waals surface area (Å²) in [5.74, 6) is -0.524. The first-order chi connectivity index (χ1) is 6.06. The van der Waals surface area contributed by atoms with Crippen LogP contribution in [0.1, 0.15) is 6.42 Å². The SMILES string of the molecule is COC(=O)CC1C=CC=CC1(Cl)Cl. The molecule has 0 aliphatic heterocycles. The Kier molecular flexibility index (Phi) is 3.40. The highest BCUT2D eigenvalue weighted by molar-refractivity contribution is 6.50. The molecule has 0 aromatic heterocycles. The summed E-state index contributed by atoms with van der Waals surface area (Å²) in [7, 11) is 1.34. The molecule has 2 nitrogen and oxygen atoms in total. The van der Waals surface area contributed by atoms with Gasteiger partial charge in [-0.25, -0.2) is 0 Å². The molecule has 1 aliphatic carbocycles. The molecule has 1 rings (SSSR count). The van der Waals surface area contributed by atoms with Gasteiger partial charge in [0.2, 0.25) is 0 Å². The van der Waals surface area contributed by atoms with Gasteiger partial charge in [-0.05, 0) is 6.08 Å². The molecule has 0 heterocycles. The van der Waals surface area contributed by atoms with Crippen molar-refractivity contribution in [3.05, 3.63) is 24.3 Å². The zero-order valence-electron chi connectivity index (χ0n) is 7.17. The summed E-state index contributed by atoms with van der Waals surface area (Å²) in [4.78, 5) is 11.0. The third-order valence-corrected chi connectivity index (χ3v) is 2.69. The highest BCUT2D eigenvalue weighted by atomic mass is 35.5. The maximum Gasteiger partial charge on any atom is 0.306 e. The fourth-order valence-electron chi connectivity index (χ4n) is 1.10. The van der Waals surface area contributed by atoms with Crippen LogP contribution >= 0.6 is 23.2 Å². The van der Waals surface area contributed by atoms with E-state index in [0.717, 1.165) is 0 Å². The molecule has 0 N–H and O–H groups in total. The van der Waals surface area contributed by atoms with E-state index in [-0.39, 0.29) is 18.3 Å². The number of hydrogen-bond donors (Lipinski definition) is 0. The number of hydrogen-bond acceptors (Lipinski definition) is 2. The first-order valence-corrected chi connectivity index (χ1v) is 4.62. The minimum absolute atomic E-state index is 0.199. The maximum absolute atomic E-state index is 11.0. The second-order valence-corrected chi connectivity index (χ2v) is 4.25. The molecule has 72 valence electrons. The molecule has 13 heavy (non-hydrogen) atoms. The summed E-state index contributed by atoms with van der Waals surface area (Å²) in [5.41, 5.74) is 0. The van der Waals surface area contributed by atoms with Crippen LogP contribution in [0.3, 0.4) is 0 Å². The maximum atomic E-state index is 11.0. The molecule has 0 spiro atoms. The first-order valence-electron chi connectivity index (χ1n) is 3.87. The van der Waals surface area contributed by atoms with E-state index in [1.54, 1.807) is 18.2 Å². The number of allylic oxidation sites excluding steroid dienone is 4. The normalized spacial score (nSPS) is 24.4. The Hall–Kier alpha value is -0.470. The van der Waals surface area contributed by atoms with E-state index in [2.05, 4.69) is 4.74 Å². The largest absolute Gasteiger partial charge is 0.469 e. The molecule has 0 fully saturated rings. The van der Waals surface area contributed by atoms with Gasteiger partial charge < -0.3 is 4.74 Å². The van der Waals surface area contributed by atoms with Crippen LogP contribution in [0, 0.1) is 5.92 Å². The predicted octanol–water partition coefficient (Wildman–Crippen LogP) is 2.47. The van der Waals surface area contributed by atoms with Crippen molar-refractivity contribution in [2.24, 2.45) is 5.92 Å². The van der Waals surface area contributed by atoms with E-state index in [4.69, 9.17) is 23.2 Å². The molecule has 0 aromatic carbocycles. The predicted molar refractivity (Wildman–Crippen MR) is 52.8 cm³/mol. The molecule has 0 saturated heterocycles. The van der Waals surface area contributed by atoms with Gasteiger partial charge in [-0.3, -0.25) is 4.79 Å². The fourth-order valence-corrected chi connectivity index (χ4v) is 1.55. The van der Waals surface area contributed by atoms with E-state index in [1.807, 2.05) is 6.08 Å². The van der Waals surface area contributed by atoms with Crippen LogP contribution in [0.4, 0.5) is 0 Å². The number of ether oxygens (including phenoxy) is 1. The quantitative estimate of drug-likeness (QED) is 0.528. The van der Waals surface area contributed by atoms with Crippen molar-refractivity contribution < 1.29 is 9.53 Å². The Labute approximate surface area is 87.2 Å². The Morgan fingerprint density at radius 1 is 1.54 bits per heavy atom. The fraction of sp³-hybridized carbons (Fsp3) is 0.444. The number of alkyl halides is 2. The van der Waals surface area contributed by atoms with Crippen molar-refractivity contribution in [2.45, 2.75) is 10.8 Å². The van der Waals surface area contributed by atoms with Gasteiger partial charge in [0.05, 0.1) is 13.5 Å². The summed E-state index contributed by atoms with van der Waals surface area (Å²) in [6, 6.07) is 0. The first kappa shape index (κ1) is 10.6. The zero-order chi connectivity index (χ0) is 9.90. The number of rotatable bonds is 2. The van der Waals surface area contributed by atoms with Gasteiger partial charge in [0.15, 0.2) is 0 Å². The summed E-state index contributed by atoms with van der Waals surface area (Å²) in [6.45, 7) is 0. The Bertz CT molecular complexity index is 256. The molecule has 0 amide bonds. The molecular weight excluding hydrogens is 211 g/mol. The highest BCUT2D eigenvalue weighted by Crippen LogP contribution is 2.37. The zero-order valence-corrected chi connectivity index (χ0v) is 8.68. The van der Waals surface area contributed by atoms with Crippen molar-refractivity contribution in [1.82, 2.24) is 0 Å². The lowest BCUT2D eigenvalue weighted by molar-refractivity contribution is -0.141. The van der Waals surface area contributed by atoms with Crippen LogP contribution < -0.4 is 0 Å². The summed E-state index contributed by atoms with van der Waals surface area (Å²) < 4.78 is 3.53. The topological polar surface area (TPSA) is 26.3 Å². The van der Waals surface area contributed by atoms with Gasteiger partial charge in [-0.15, -0.1) is 0 Å². The van der Waals surface area contributed by atoms with Crippen LogP contribution in [-0.2, 0) is 9.53 Å². The monoisotopic (exact) mass is 220 g/mol. The summed E-state index contributed by atoms with van der Waals surface area (Å²) in [5, 5.41) is 0. The van der Waals surface area contributed by atoms with Gasteiger partial charge in [-0.2, -0.15) is 0 Å². The molecule has 4 heteroatoms. The Balaban J connectivity index is 2.64. The third-order valence-electron chi connectivity index (χ3n) is 1.88. The molecular formula is C9H10Cl2O2. The van der Waals surface area contributed by atoms with E-state index in [1.165, 1.54) is 7.11 Å². The second-order valence-electron chi connectivity index (χ2n) is 2.81. The Morgan fingerprint density at radius 2 is 2.23 bits per heavy atom. The van der Waals surface area contributed by atoms with Crippen LogP contribution in [0.2, 0.25) is 0 Å². The van der Waals surface area contributed by atoms with E-state index < -0.39 is 4.33 Å². The number of carbonyl (C=O) groups excluding carboxylic acids is 1. The van der Waals surface area contributed by atoms with Crippen molar-refractivity contribution in [3.63, 3.8) is 0 Å². The lowest BCUT2D eigenvalue weighted by Crippen LogP contribution is -2.26. The highest BCUT2D eigenvalue weighted by Gasteiger charge is 2.33. The molecule has 0 saturated carbocycles. The number of methoxy groups -OCH3 is 1. The van der Waals surface area contributed by atoms with E-state index >= 15 is 0 Å². The van der Waals surface area contributed by atoms with Gasteiger partial charge in [0.1, 0.15) is 4.33 Å². The molecule has 1 aliphatic rings. The number of halogens is 2. The molecule has 0 radical (unpaired) electrons. The van der Waals surface area contributed by atoms with E-state index in [0.29, 0.717) is 0 Å². The smallest absolute Gasteiger partial charge is 0.306 e. The number of carbonyl (C=O) groups is 1.